The van der Waals surface area contributed by atoms with E-state index in [-0.39, 0.29) is 12.5 Å². The molecule has 0 saturated carbocycles. The van der Waals surface area contributed by atoms with Crippen LogP contribution >= 0.6 is 0 Å². The molecule has 0 amide bonds. The molecular formula is C20H27N3O4. The first-order valence-electron chi connectivity index (χ1n) is 8.64. The van der Waals surface area contributed by atoms with Crippen LogP contribution in [0.25, 0.3) is 0 Å². The fourth-order valence-corrected chi connectivity index (χ4v) is 2.57. The van der Waals surface area contributed by atoms with Gasteiger partial charge in [-0.25, -0.2) is 0 Å². The zero-order valence-corrected chi connectivity index (χ0v) is 15.9. The molecule has 0 aliphatic heterocycles. The third kappa shape index (κ3) is 6.07. The predicted octanol–water partition coefficient (Wildman–Crippen LogP) is 1.89. The van der Waals surface area contributed by atoms with Gasteiger partial charge in [0.05, 0.1) is 27.9 Å². The van der Waals surface area contributed by atoms with Crippen molar-refractivity contribution in [3.05, 3.63) is 53.6 Å². The molecule has 0 unspecified atom stereocenters. The smallest absolute Gasteiger partial charge is 0.188 e. The summed E-state index contributed by atoms with van der Waals surface area (Å²) in [4.78, 5) is 4.21. The molecule has 0 aliphatic carbocycles. The topological polar surface area (TPSA) is 98.3 Å². The Hall–Kier alpha value is -2.93. The van der Waals surface area contributed by atoms with Crippen molar-refractivity contribution in [1.82, 2.24) is 5.32 Å². The number of rotatable bonds is 9. The molecule has 2 aromatic rings. The van der Waals surface area contributed by atoms with Gasteiger partial charge in [0.15, 0.2) is 5.96 Å². The highest BCUT2D eigenvalue weighted by Gasteiger charge is 2.14. The third-order valence-electron chi connectivity index (χ3n) is 4.11. The monoisotopic (exact) mass is 373 g/mol. The number of methoxy groups -OCH3 is 3. The van der Waals surface area contributed by atoms with Gasteiger partial charge in [-0.1, -0.05) is 12.1 Å². The summed E-state index contributed by atoms with van der Waals surface area (Å²) in [7, 11) is 4.76. The van der Waals surface area contributed by atoms with Crippen LogP contribution in [0.5, 0.6) is 17.2 Å². The lowest BCUT2D eigenvalue weighted by Gasteiger charge is -2.15. The van der Waals surface area contributed by atoms with E-state index in [4.69, 9.17) is 19.9 Å². The van der Waals surface area contributed by atoms with Crippen molar-refractivity contribution < 1.29 is 19.3 Å². The Labute approximate surface area is 159 Å². The molecule has 0 aliphatic rings. The summed E-state index contributed by atoms with van der Waals surface area (Å²) in [6, 6.07) is 13.1. The number of aliphatic imine (C=N–C) groups is 1. The minimum atomic E-state index is -0.850. The first kappa shape index (κ1) is 20.4. The van der Waals surface area contributed by atoms with Gasteiger partial charge in [0.25, 0.3) is 0 Å². The van der Waals surface area contributed by atoms with Crippen LogP contribution in [0.15, 0.2) is 47.5 Å². The highest BCUT2D eigenvalue weighted by molar-refractivity contribution is 5.77. The number of nitrogens with two attached hydrogens (primary N) is 1. The molecule has 27 heavy (non-hydrogen) atoms. The van der Waals surface area contributed by atoms with Crippen molar-refractivity contribution in [2.45, 2.75) is 12.5 Å². The Morgan fingerprint density at radius 1 is 1.04 bits per heavy atom. The van der Waals surface area contributed by atoms with Crippen LogP contribution in [-0.4, -0.2) is 45.5 Å². The van der Waals surface area contributed by atoms with Gasteiger partial charge in [-0.05, 0) is 42.3 Å². The largest absolute Gasteiger partial charge is 0.497 e. The molecule has 4 N–H and O–H groups in total. The van der Waals surface area contributed by atoms with Crippen LogP contribution in [-0.2, 0) is 6.42 Å². The lowest BCUT2D eigenvalue weighted by Crippen LogP contribution is -2.33. The van der Waals surface area contributed by atoms with E-state index in [0.29, 0.717) is 23.6 Å². The molecule has 2 aromatic carbocycles. The van der Waals surface area contributed by atoms with E-state index < -0.39 is 6.10 Å². The quantitative estimate of drug-likeness (QED) is 0.459. The van der Waals surface area contributed by atoms with E-state index >= 15 is 0 Å². The van der Waals surface area contributed by atoms with Gasteiger partial charge in [-0.3, -0.25) is 4.99 Å². The SMILES string of the molecule is COc1ccc(CCNC(N)=NC[C@H](O)c2cc(OC)ccc2OC)cc1. The summed E-state index contributed by atoms with van der Waals surface area (Å²) in [6.45, 7) is 0.755. The number of ether oxygens (including phenoxy) is 3. The van der Waals surface area contributed by atoms with Crippen LogP contribution in [0.3, 0.4) is 0 Å². The van der Waals surface area contributed by atoms with E-state index in [0.717, 1.165) is 17.7 Å². The second-order valence-electron chi connectivity index (χ2n) is 5.87. The van der Waals surface area contributed by atoms with Crippen molar-refractivity contribution in [2.24, 2.45) is 10.7 Å². The van der Waals surface area contributed by atoms with Gasteiger partial charge < -0.3 is 30.4 Å². The standard InChI is InChI=1S/C20H27N3O4/c1-25-15-6-4-14(5-7-15)10-11-22-20(21)23-13-18(24)17-12-16(26-2)8-9-19(17)27-3/h4-9,12,18,24H,10-11,13H2,1-3H3,(H3,21,22,23)/t18-/m0/s1. The molecule has 0 radical (unpaired) electrons. The Morgan fingerprint density at radius 3 is 2.33 bits per heavy atom. The molecule has 0 saturated heterocycles. The van der Waals surface area contributed by atoms with E-state index in [1.54, 1.807) is 39.5 Å². The number of nitrogens with zero attached hydrogens (tertiary/aromatic N) is 1. The van der Waals surface area contributed by atoms with Crippen molar-refractivity contribution in [2.75, 3.05) is 34.4 Å². The summed E-state index contributed by atoms with van der Waals surface area (Å²) >= 11 is 0. The number of guanidine groups is 1. The number of benzene rings is 2. The van der Waals surface area contributed by atoms with Gasteiger partial charge in [0, 0.05) is 12.1 Å². The summed E-state index contributed by atoms with van der Waals surface area (Å²) in [6.07, 6.45) is -0.0519. The van der Waals surface area contributed by atoms with Crippen molar-refractivity contribution in [3.63, 3.8) is 0 Å². The maximum absolute atomic E-state index is 10.4. The van der Waals surface area contributed by atoms with Crippen LogP contribution in [0.2, 0.25) is 0 Å². The first-order valence-corrected chi connectivity index (χ1v) is 8.64. The van der Waals surface area contributed by atoms with Gasteiger partial charge in [-0.15, -0.1) is 0 Å². The van der Waals surface area contributed by atoms with Gasteiger partial charge in [0.1, 0.15) is 23.4 Å². The van der Waals surface area contributed by atoms with E-state index in [9.17, 15) is 5.11 Å². The normalized spacial score (nSPS) is 12.4. The molecular weight excluding hydrogens is 346 g/mol. The van der Waals surface area contributed by atoms with Crippen LogP contribution in [0.1, 0.15) is 17.2 Å². The molecule has 2 rings (SSSR count). The first-order chi connectivity index (χ1) is 13.1. The Bertz CT molecular complexity index is 747. The highest BCUT2D eigenvalue weighted by Crippen LogP contribution is 2.29. The van der Waals surface area contributed by atoms with E-state index in [1.165, 1.54) is 0 Å². The fraction of sp³-hybridized carbons (Fsp3) is 0.350. The van der Waals surface area contributed by atoms with Gasteiger partial charge >= 0.3 is 0 Å². The Morgan fingerprint density at radius 2 is 1.70 bits per heavy atom. The van der Waals surface area contributed by atoms with E-state index in [2.05, 4.69) is 10.3 Å². The minimum absolute atomic E-state index is 0.116. The maximum atomic E-state index is 10.4. The molecule has 7 heteroatoms. The number of aliphatic hydroxyl groups is 1. The second-order valence-corrected chi connectivity index (χ2v) is 5.87. The summed E-state index contributed by atoms with van der Waals surface area (Å²) < 4.78 is 15.6. The van der Waals surface area contributed by atoms with Gasteiger partial charge in [-0.2, -0.15) is 0 Å². The zero-order valence-electron chi connectivity index (χ0n) is 15.9. The molecule has 0 bridgehead atoms. The Balaban J connectivity index is 1.87. The maximum Gasteiger partial charge on any atom is 0.188 e. The lowest BCUT2D eigenvalue weighted by atomic mass is 10.1. The summed E-state index contributed by atoms with van der Waals surface area (Å²) in [5.41, 5.74) is 7.66. The molecule has 146 valence electrons. The summed E-state index contributed by atoms with van der Waals surface area (Å²) in [5.74, 6) is 2.32. The molecule has 1 atom stereocenters. The molecule has 7 nitrogen and oxygen atoms in total. The predicted molar refractivity (Wildman–Crippen MR) is 106 cm³/mol. The van der Waals surface area contributed by atoms with E-state index in [1.807, 2.05) is 24.3 Å². The third-order valence-corrected chi connectivity index (χ3v) is 4.11. The number of hydrogen-bond acceptors (Lipinski definition) is 5. The fourth-order valence-electron chi connectivity index (χ4n) is 2.57. The number of aliphatic hydroxyl groups excluding tert-OH is 1. The molecule has 0 fully saturated rings. The highest BCUT2D eigenvalue weighted by atomic mass is 16.5. The Kier molecular flexibility index (Phi) is 7.76. The van der Waals surface area contributed by atoms with Crippen LogP contribution in [0, 0.1) is 0 Å². The van der Waals surface area contributed by atoms with Crippen LogP contribution < -0.4 is 25.3 Å². The summed E-state index contributed by atoms with van der Waals surface area (Å²) in [5, 5.41) is 13.5. The lowest BCUT2D eigenvalue weighted by molar-refractivity contribution is 0.182. The number of nitrogens with one attached hydrogen (secondary N) is 1. The molecule has 0 heterocycles. The molecule has 0 spiro atoms. The number of hydrogen-bond donors (Lipinski definition) is 3. The van der Waals surface area contributed by atoms with Crippen molar-refractivity contribution >= 4 is 5.96 Å². The average molecular weight is 373 g/mol. The second kappa shape index (κ2) is 10.3. The van der Waals surface area contributed by atoms with Crippen molar-refractivity contribution in [3.8, 4) is 17.2 Å². The average Bonchev–Trinajstić information content (AvgIpc) is 2.72. The molecule has 0 aromatic heterocycles. The van der Waals surface area contributed by atoms with Crippen molar-refractivity contribution in [1.29, 1.82) is 0 Å². The zero-order chi connectivity index (χ0) is 19.6. The van der Waals surface area contributed by atoms with Crippen LogP contribution in [0.4, 0.5) is 0 Å². The van der Waals surface area contributed by atoms with Gasteiger partial charge in [0.2, 0.25) is 0 Å². The minimum Gasteiger partial charge on any atom is -0.497 e.